The first-order chi connectivity index (χ1) is 33.5. The minimum atomic E-state index is -2.01. The lowest BCUT2D eigenvalue weighted by Gasteiger charge is -2.46. The summed E-state index contributed by atoms with van der Waals surface area (Å²) in [6.45, 7) is 19.6. The number of aliphatic hydroxyl groups excluding tert-OH is 3. The lowest BCUT2D eigenvalue weighted by molar-refractivity contribution is -0.299. The number of esters is 1. The Balaban J connectivity index is 1.33. The van der Waals surface area contributed by atoms with Gasteiger partial charge in [0.2, 0.25) is 0 Å². The highest BCUT2D eigenvalue weighted by Gasteiger charge is 2.50. The summed E-state index contributed by atoms with van der Waals surface area (Å²) < 4.78 is 24.3. The second kappa shape index (κ2) is 26.0. The molecule has 14 atom stereocenters. The number of carbonyl (C=O) groups is 1. The molecule has 2 saturated heterocycles. The van der Waals surface area contributed by atoms with E-state index in [1.165, 1.54) is 34.0 Å². The van der Waals surface area contributed by atoms with Gasteiger partial charge < -0.3 is 49.4 Å². The average molecular weight is 1010 g/mol. The molecule has 12 nitrogen and oxygen atoms in total. The third kappa shape index (κ3) is 14.4. The van der Waals surface area contributed by atoms with Gasteiger partial charge in [0.25, 0.3) is 0 Å². The van der Waals surface area contributed by atoms with Crippen LogP contribution in [-0.2, 0) is 19.0 Å². The Bertz CT molecular complexity index is 2020. The van der Waals surface area contributed by atoms with Gasteiger partial charge in [0.05, 0.1) is 43.1 Å². The van der Waals surface area contributed by atoms with Crippen molar-refractivity contribution >= 4 is 29.1 Å². The molecule has 5 rings (SSSR count). The van der Waals surface area contributed by atoms with E-state index in [0.29, 0.717) is 19.5 Å². The molecule has 2 aliphatic heterocycles. The molecule has 3 aromatic carbocycles. The van der Waals surface area contributed by atoms with Crippen molar-refractivity contribution in [2.75, 3.05) is 40.5 Å². The van der Waals surface area contributed by atoms with Gasteiger partial charge in [-0.15, -0.1) is 0 Å². The first kappa shape index (κ1) is 58.9. The van der Waals surface area contributed by atoms with Crippen molar-refractivity contribution in [1.29, 1.82) is 0 Å². The van der Waals surface area contributed by atoms with Crippen LogP contribution in [0, 0.1) is 31.6 Å². The smallest absolute Gasteiger partial charge is 0.311 e. The van der Waals surface area contributed by atoms with E-state index in [-0.39, 0.29) is 30.9 Å². The second-order valence-electron chi connectivity index (χ2n) is 22.2. The van der Waals surface area contributed by atoms with Gasteiger partial charge in [0, 0.05) is 24.5 Å². The molecule has 2 fully saturated rings. The zero-order valence-electron chi connectivity index (χ0n) is 45.5. The summed E-state index contributed by atoms with van der Waals surface area (Å²) in [6.07, 6.45) is 1.13. The van der Waals surface area contributed by atoms with Crippen molar-refractivity contribution in [3.63, 3.8) is 0 Å². The predicted octanol–water partition coefficient (Wildman–Crippen LogP) is 7.31. The van der Waals surface area contributed by atoms with E-state index in [1.54, 1.807) is 34.8 Å². The maximum absolute atomic E-state index is 13.8. The summed E-state index contributed by atoms with van der Waals surface area (Å²) in [7, 11) is 3.50. The summed E-state index contributed by atoms with van der Waals surface area (Å²) >= 11 is 0. The summed E-state index contributed by atoms with van der Waals surface area (Å²) in [5.74, 6) is -1.92. The molecular formula is C58H92N2O10P+. The number of ether oxygens (including phenoxy) is 4. The Morgan fingerprint density at radius 1 is 0.775 bits per heavy atom. The number of benzene rings is 3. The molecule has 0 unspecified atom stereocenters. The zero-order valence-corrected chi connectivity index (χ0v) is 46.4. The van der Waals surface area contributed by atoms with E-state index < -0.39 is 79.1 Å². The van der Waals surface area contributed by atoms with Gasteiger partial charge in [0.1, 0.15) is 52.8 Å². The van der Waals surface area contributed by atoms with Gasteiger partial charge in [-0.25, -0.2) is 0 Å². The van der Waals surface area contributed by atoms with Crippen LogP contribution in [0.1, 0.15) is 124 Å². The normalized spacial score (nSPS) is 33.0. The molecule has 2 aliphatic rings. The maximum atomic E-state index is 13.8. The molecule has 398 valence electrons. The monoisotopic (exact) mass is 1010 g/mol. The molecule has 0 amide bonds. The van der Waals surface area contributed by atoms with Crippen molar-refractivity contribution in [2.24, 2.45) is 17.8 Å². The number of nitrogens with zero attached hydrogens (tertiary/aromatic N) is 2. The molecule has 3 aromatic rings. The molecule has 0 saturated carbocycles. The second-order valence-corrected chi connectivity index (χ2v) is 25.8. The highest BCUT2D eigenvalue weighted by Crippen LogP contribution is 2.56. The van der Waals surface area contributed by atoms with Gasteiger partial charge in [0.15, 0.2) is 6.29 Å². The minimum Gasteiger partial charge on any atom is -0.497 e. The number of aryl methyl sites for hydroxylation is 2. The Morgan fingerprint density at radius 2 is 1.30 bits per heavy atom. The summed E-state index contributed by atoms with van der Waals surface area (Å²) in [4.78, 5) is 18.0. The van der Waals surface area contributed by atoms with Crippen molar-refractivity contribution in [3.8, 4) is 5.75 Å². The number of cyclic esters (lactones) is 1. The van der Waals surface area contributed by atoms with Crippen LogP contribution in [0.2, 0.25) is 0 Å². The van der Waals surface area contributed by atoms with Crippen molar-refractivity contribution in [3.05, 3.63) is 83.9 Å². The molecule has 2 heterocycles. The molecule has 71 heavy (non-hydrogen) atoms. The van der Waals surface area contributed by atoms with Crippen molar-refractivity contribution < 1.29 is 49.3 Å². The SMILES string of the molecule is CC[C@H]1OC(=O)[C@H](C)[C@@H](O)[C@H](C)[C@@H](O[C@@H]2O[C@H](C)C[C@H](N(C)C)[C@H]2O)[C@](C)(O)C[C@@H](C)CN(CCCCCCCC[P+](c2ccc(C)cc2)(c2ccc(C)cc2)c2ccc(OC)cc2)[C@H](C)[C@@H](O)[C@]1(C)O. The fraction of sp³-hybridized carbons (Fsp3) is 0.672. The number of rotatable bonds is 17. The van der Waals surface area contributed by atoms with E-state index >= 15 is 0 Å². The van der Waals surface area contributed by atoms with E-state index in [0.717, 1.165) is 50.4 Å². The van der Waals surface area contributed by atoms with Gasteiger partial charge in [-0.2, -0.15) is 0 Å². The van der Waals surface area contributed by atoms with Gasteiger partial charge in [-0.3, -0.25) is 9.69 Å². The van der Waals surface area contributed by atoms with Crippen LogP contribution < -0.4 is 20.7 Å². The molecular weight excluding hydrogens is 916 g/mol. The highest BCUT2D eigenvalue weighted by atomic mass is 31.2. The zero-order chi connectivity index (χ0) is 52.4. The molecule has 0 bridgehead atoms. The van der Waals surface area contributed by atoms with Crippen molar-refractivity contribution in [1.82, 2.24) is 9.80 Å². The fourth-order valence-electron chi connectivity index (χ4n) is 11.5. The molecule has 0 spiro atoms. The van der Waals surface area contributed by atoms with E-state index in [9.17, 15) is 30.3 Å². The molecule has 13 heteroatoms. The van der Waals surface area contributed by atoms with Crippen LogP contribution in [0.5, 0.6) is 5.75 Å². The van der Waals surface area contributed by atoms with Crippen LogP contribution in [0.4, 0.5) is 0 Å². The van der Waals surface area contributed by atoms with Crippen molar-refractivity contribution in [2.45, 2.75) is 193 Å². The van der Waals surface area contributed by atoms with Crippen LogP contribution in [0.25, 0.3) is 0 Å². The maximum Gasteiger partial charge on any atom is 0.311 e. The molecule has 0 aliphatic carbocycles. The number of hydrogen-bond acceptors (Lipinski definition) is 12. The Morgan fingerprint density at radius 3 is 1.82 bits per heavy atom. The standard InChI is InChI=1S/C58H92N2O10P/c1-14-50-58(10,66)53(63)44(8)60(37-40(4)36-57(9,65)54(42(6)51(61)43(7)55(64)69-50)70-56-52(62)49(59(11)12)35-41(5)68-56)33-19-17-15-16-18-20-34-71(46-27-21-38(2)22-28-46,47-29-23-39(3)24-30-47)48-31-25-45(67-13)26-32-48/h21-32,40-44,49-54,56,61-63,65-66H,14-20,33-37H2,1-13H3/q+1/t40-,41-,42+,43-,44-,49+,50-,51+,52-,53-,54-,56+,57-,58-/m1/s1. The third-order valence-electron chi connectivity index (χ3n) is 15.9. The van der Waals surface area contributed by atoms with Crippen LogP contribution in [0.3, 0.4) is 0 Å². The first-order valence-corrected chi connectivity index (χ1v) is 28.5. The van der Waals surface area contributed by atoms with E-state index in [2.05, 4.69) is 98.5 Å². The summed E-state index contributed by atoms with van der Waals surface area (Å²) in [6, 6.07) is 26.2. The predicted molar refractivity (Wildman–Crippen MR) is 288 cm³/mol. The number of unbranched alkanes of at least 4 members (excludes halogenated alkanes) is 5. The van der Waals surface area contributed by atoms with Gasteiger partial charge in [-0.1, -0.05) is 75.4 Å². The first-order valence-electron chi connectivity index (χ1n) is 26.6. The highest BCUT2D eigenvalue weighted by molar-refractivity contribution is 7.95. The molecule has 5 N–H and O–H groups in total. The number of methoxy groups -OCH3 is 1. The lowest BCUT2D eigenvalue weighted by Crippen LogP contribution is -2.59. The number of aliphatic hydroxyl groups is 5. The molecule has 0 aromatic heterocycles. The van der Waals surface area contributed by atoms with Crippen LogP contribution in [-0.4, -0.2) is 148 Å². The summed E-state index contributed by atoms with van der Waals surface area (Å²) in [5.41, 5.74) is -0.880. The van der Waals surface area contributed by atoms with Crippen LogP contribution in [0.15, 0.2) is 72.8 Å². The molecule has 0 radical (unpaired) electrons. The number of likely N-dealkylation sites (N-methyl/N-ethyl adjacent to an activating group) is 1. The largest absolute Gasteiger partial charge is 0.497 e. The minimum absolute atomic E-state index is 0.149. The number of hydrogen-bond donors (Lipinski definition) is 5. The Kier molecular flexibility index (Phi) is 21.5. The fourth-order valence-corrected chi connectivity index (χ4v) is 15.9. The lowest BCUT2D eigenvalue weighted by atomic mass is 9.78. The average Bonchev–Trinajstić information content (AvgIpc) is 3.33. The Labute approximate surface area is 427 Å². The topological polar surface area (TPSA) is 162 Å². The number of carbonyl (C=O) groups excluding carboxylic acids is 1. The third-order valence-corrected chi connectivity index (χ3v) is 20.5. The van der Waals surface area contributed by atoms with Crippen LogP contribution >= 0.6 is 7.26 Å². The van der Waals surface area contributed by atoms with Gasteiger partial charge in [-0.05, 0) is 162 Å². The van der Waals surface area contributed by atoms with E-state index in [4.69, 9.17) is 18.9 Å². The Hall–Kier alpha value is -3.00. The summed E-state index contributed by atoms with van der Waals surface area (Å²) in [5, 5.41) is 64.1. The van der Waals surface area contributed by atoms with Gasteiger partial charge >= 0.3 is 5.97 Å². The quantitative estimate of drug-likeness (QED) is 0.0522. The van der Waals surface area contributed by atoms with E-state index in [1.807, 2.05) is 32.8 Å².